The molecule has 0 saturated carbocycles. The van der Waals surface area contributed by atoms with E-state index >= 15 is 0 Å². The van der Waals surface area contributed by atoms with Gasteiger partial charge in [-0.05, 0) is 55.2 Å². The van der Waals surface area contributed by atoms with Gasteiger partial charge in [-0.2, -0.15) is 5.10 Å². The van der Waals surface area contributed by atoms with Crippen LogP contribution in [0.1, 0.15) is 30.9 Å². The zero-order valence-electron chi connectivity index (χ0n) is 16.6. The molecule has 2 aromatic carbocycles. The molecular weight excluding hydrogens is 371 g/mol. The number of anilines is 1. The van der Waals surface area contributed by atoms with Gasteiger partial charge in [-0.1, -0.05) is 31.2 Å². The number of hydrogen-bond donors (Lipinski definition) is 2. The summed E-state index contributed by atoms with van der Waals surface area (Å²) in [5.41, 5.74) is 3.53. The lowest BCUT2D eigenvalue weighted by molar-refractivity contribution is -0.132. The maximum absolute atomic E-state index is 12.9. The van der Waals surface area contributed by atoms with E-state index in [4.69, 9.17) is 0 Å². The van der Waals surface area contributed by atoms with E-state index in [1.54, 1.807) is 0 Å². The van der Waals surface area contributed by atoms with E-state index in [0.29, 0.717) is 31.6 Å². The van der Waals surface area contributed by atoms with E-state index in [2.05, 4.69) is 15.7 Å². The number of urea groups is 1. The fourth-order valence-corrected chi connectivity index (χ4v) is 3.30. The van der Waals surface area contributed by atoms with Crippen molar-refractivity contribution >= 4 is 23.3 Å². The van der Waals surface area contributed by atoms with Crippen LogP contribution in [0.5, 0.6) is 0 Å². The molecule has 1 aliphatic heterocycles. The van der Waals surface area contributed by atoms with Gasteiger partial charge in [-0.25, -0.2) is 14.2 Å². The summed E-state index contributed by atoms with van der Waals surface area (Å²) in [5.74, 6) is -0.724. The maximum Gasteiger partial charge on any atom is 0.319 e. The van der Waals surface area contributed by atoms with Gasteiger partial charge in [-0.15, -0.1) is 0 Å². The molecule has 0 spiro atoms. The van der Waals surface area contributed by atoms with Crippen molar-refractivity contribution < 1.29 is 14.0 Å². The number of benzene rings is 2. The molecule has 2 aromatic rings. The van der Waals surface area contributed by atoms with Crippen LogP contribution in [0, 0.1) is 18.7 Å². The second-order valence-electron chi connectivity index (χ2n) is 7.00. The van der Waals surface area contributed by atoms with Gasteiger partial charge in [-0.3, -0.25) is 4.79 Å². The highest BCUT2D eigenvalue weighted by Crippen LogP contribution is 2.23. The van der Waals surface area contributed by atoms with E-state index in [1.807, 2.05) is 38.1 Å². The number of hydrazone groups is 1. The standard InChI is InChI=1S/C22H25FN4O2/c1-3-20-19(12-13-24-22(29)25-18-10-8-17(23)9-11-18)21(28)27(26-20)14-16-7-5-4-6-15(16)2/h4-11,19H,3,12-14H2,1-2H3,(H2,24,25,29)/t19-/m1/s1. The predicted molar refractivity (Wildman–Crippen MR) is 111 cm³/mol. The first-order chi connectivity index (χ1) is 14.0. The molecule has 0 bridgehead atoms. The molecule has 1 aliphatic rings. The van der Waals surface area contributed by atoms with Gasteiger partial charge in [0.05, 0.1) is 18.2 Å². The molecule has 1 heterocycles. The van der Waals surface area contributed by atoms with Crippen molar-refractivity contribution in [3.63, 3.8) is 0 Å². The monoisotopic (exact) mass is 396 g/mol. The van der Waals surface area contributed by atoms with Crippen LogP contribution in [0.3, 0.4) is 0 Å². The molecule has 0 aliphatic carbocycles. The molecule has 152 valence electrons. The van der Waals surface area contributed by atoms with Crippen LogP contribution in [0.15, 0.2) is 53.6 Å². The Balaban J connectivity index is 1.53. The van der Waals surface area contributed by atoms with E-state index < -0.39 is 6.03 Å². The van der Waals surface area contributed by atoms with Crippen molar-refractivity contribution in [2.24, 2.45) is 11.0 Å². The number of nitrogens with zero attached hydrogens (tertiary/aromatic N) is 2. The summed E-state index contributed by atoms with van der Waals surface area (Å²) >= 11 is 0. The van der Waals surface area contributed by atoms with Crippen LogP contribution in [0.4, 0.5) is 14.9 Å². The fraction of sp³-hybridized carbons (Fsp3) is 0.318. The molecule has 0 radical (unpaired) electrons. The number of amides is 3. The van der Waals surface area contributed by atoms with Crippen LogP contribution >= 0.6 is 0 Å². The average Bonchev–Trinajstić information content (AvgIpc) is 3.00. The lowest BCUT2D eigenvalue weighted by Crippen LogP contribution is -2.34. The summed E-state index contributed by atoms with van der Waals surface area (Å²) < 4.78 is 12.9. The summed E-state index contributed by atoms with van der Waals surface area (Å²) in [6.07, 6.45) is 1.16. The molecule has 3 amide bonds. The number of carbonyl (C=O) groups excluding carboxylic acids is 2. The zero-order valence-corrected chi connectivity index (χ0v) is 16.6. The lowest BCUT2D eigenvalue weighted by atomic mass is 9.97. The Hall–Kier alpha value is -3.22. The molecule has 3 rings (SSSR count). The van der Waals surface area contributed by atoms with Crippen LogP contribution in [0.2, 0.25) is 0 Å². The first-order valence-electron chi connectivity index (χ1n) is 9.71. The first kappa shape index (κ1) is 20.5. The van der Waals surface area contributed by atoms with E-state index in [-0.39, 0.29) is 17.6 Å². The van der Waals surface area contributed by atoms with Crippen molar-refractivity contribution in [2.45, 2.75) is 33.2 Å². The topological polar surface area (TPSA) is 73.8 Å². The highest BCUT2D eigenvalue weighted by molar-refractivity contribution is 6.07. The molecule has 6 nitrogen and oxygen atoms in total. The van der Waals surface area contributed by atoms with E-state index in [1.165, 1.54) is 29.3 Å². The van der Waals surface area contributed by atoms with Crippen LogP contribution < -0.4 is 10.6 Å². The van der Waals surface area contributed by atoms with Gasteiger partial charge >= 0.3 is 6.03 Å². The SMILES string of the molecule is CCC1=NN(Cc2ccccc2C)C(=O)[C@@H]1CCNC(=O)Nc1ccc(F)cc1. The molecule has 0 saturated heterocycles. The number of halogens is 1. The maximum atomic E-state index is 12.9. The van der Waals surface area contributed by atoms with Crippen molar-refractivity contribution in [3.8, 4) is 0 Å². The van der Waals surface area contributed by atoms with Crippen LogP contribution in [-0.4, -0.2) is 29.2 Å². The van der Waals surface area contributed by atoms with Gasteiger partial charge in [0.25, 0.3) is 5.91 Å². The molecule has 7 heteroatoms. The minimum atomic E-state index is -0.395. The Morgan fingerprint density at radius 2 is 1.90 bits per heavy atom. The molecular formula is C22H25FN4O2. The van der Waals surface area contributed by atoms with Gasteiger partial charge < -0.3 is 10.6 Å². The summed E-state index contributed by atoms with van der Waals surface area (Å²) in [7, 11) is 0. The van der Waals surface area contributed by atoms with Crippen molar-refractivity contribution in [2.75, 3.05) is 11.9 Å². The third-order valence-corrected chi connectivity index (χ3v) is 4.97. The normalized spacial score (nSPS) is 16.0. The van der Waals surface area contributed by atoms with Gasteiger partial charge in [0.2, 0.25) is 0 Å². The van der Waals surface area contributed by atoms with E-state index in [9.17, 15) is 14.0 Å². The number of carbonyl (C=O) groups is 2. The first-order valence-corrected chi connectivity index (χ1v) is 9.71. The third kappa shape index (κ3) is 5.19. The number of hydrogen-bond acceptors (Lipinski definition) is 3. The number of rotatable bonds is 7. The average molecular weight is 396 g/mol. The lowest BCUT2D eigenvalue weighted by Gasteiger charge is -2.16. The Morgan fingerprint density at radius 3 is 2.59 bits per heavy atom. The molecule has 0 aromatic heterocycles. The number of aryl methyl sites for hydroxylation is 1. The van der Waals surface area contributed by atoms with Gasteiger partial charge in [0.1, 0.15) is 5.82 Å². The summed E-state index contributed by atoms with van der Waals surface area (Å²) in [5, 5.41) is 11.4. The second-order valence-corrected chi connectivity index (χ2v) is 7.00. The minimum absolute atomic E-state index is 0.0363. The highest BCUT2D eigenvalue weighted by atomic mass is 19.1. The third-order valence-electron chi connectivity index (χ3n) is 4.97. The zero-order chi connectivity index (χ0) is 20.8. The fourth-order valence-electron chi connectivity index (χ4n) is 3.30. The van der Waals surface area contributed by atoms with Crippen LogP contribution in [0.25, 0.3) is 0 Å². The van der Waals surface area contributed by atoms with Crippen LogP contribution in [-0.2, 0) is 11.3 Å². The Morgan fingerprint density at radius 1 is 1.17 bits per heavy atom. The molecule has 2 N–H and O–H groups in total. The van der Waals surface area contributed by atoms with Gasteiger partial charge in [0, 0.05) is 12.2 Å². The van der Waals surface area contributed by atoms with Crippen molar-refractivity contribution in [1.29, 1.82) is 0 Å². The number of nitrogens with one attached hydrogen (secondary N) is 2. The minimum Gasteiger partial charge on any atom is -0.338 e. The highest BCUT2D eigenvalue weighted by Gasteiger charge is 2.34. The Kier molecular flexibility index (Phi) is 6.59. The molecule has 29 heavy (non-hydrogen) atoms. The van der Waals surface area contributed by atoms with E-state index in [0.717, 1.165) is 16.8 Å². The molecule has 1 atom stereocenters. The molecule has 0 unspecified atom stereocenters. The Labute approximate surface area is 169 Å². The van der Waals surface area contributed by atoms with Gasteiger partial charge in [0.15, 0.2) is 0 Å². The van der Waals surface area contributed by atoms with Crippen molar-refractivity contribution in [3.05, 3.63) is 65.5 Å². The molecule has 0 fully saturated rings. The predicted octanol–water partition coefficient (Wildman–Crippen LogP) is 4.07. The summed E-state index contributed by atoms with van der Waals surface area (Å²) in [6.45, 7) is 4.77. The quantitative estimate of drug-likeness (QED) is 0.740. The van der Waals surface area contributed by atoms with Crippen molar-refractivity contribution in [1.82, 2.24) is 10.3 Å². The summed E-state index contributed by atoms with van der Waals surface area (Å²) in [4.78, 5) is 24.8. The second kappa shape index (κ2) is 9.32. The Bertz CT molecular complexity index is 911. The summed E-state index contributed by atoms with van der Waals surface area (Å²) in [6, 6.07) is 13.1. The largest absolute Gasteiger partial charge is 0.338 e. The smallest absolute Gasteiger partial charge is 0.319 e.